The van der Waals surface area contributed by atoms with Gasteiger partial charge in [0.25, 0.3) is 5.91 Å². The van der Waals surface area contributed by atoms with E-state index in [9.17, 15) is 4.79 Å². The van der Waals surface area contributed by atoms with Crippen LogP contribution in [0.15, 0.2) is 24.3 Å². The van der Waals surface area contributed by atoms with Gasteiger partial charge in [-0.05, 0) is 17.0 Å². The Kier molecular flexibility index (Phi) is 4.86. The van der Waals surface area contributed by atoms with Crippen molar-refractivity contribution in [1.82, 2.24) is 4.90 Å². The first-order valence-corrected chi connectivity index (χ1v) is 8.11. The Labute approximate surface area is 129 Å². The lowest BCUT2D eigenvalue weighted by atomic mass is 9.83. The fourth-order valence-corrected chi connectivity index (χ4v) is 3.06. The summed E-state index contributed by atoms with van der Waals surface area (Å²) in [6.07, 6.45) is 0. The molecular weight excluding hydrogens is 318 g/mol. The van der Waals surface area contributed by atoms with Gasteiger partial charge in [0.2, 0.25) is 0 Å². The largest absolute Gasteiger partial charge is 0.377 e. The lowest BCUT2D eigenvalue weighted by Crippen LogP contribution is -2.50. The second kappa shape index (κ2) is 6.27. The quantitative estimate of drug-likeness (QED) is 0.774. The molecule has 1 heterocycles. The highest BCUT2D eigenvalue weighted by Gasteiger charge is 2.30. The van der Waals surface area contributed by atoms with Gasteiger partial charge in [0.1, 0.15) is 0 Å². The van der Waals surface area contributed by atoms with Gasteiger partial charge in [-0.25, -0.2) is 0 Å². The van der Waals surface area contributed by atoms with E-state index in [1.807, 2.05) is 23.1 Å². The molecule has 1 aromatic rings. The molecular formula is C16H22BrNO2. The van der Waals surface area contributed by atoms with E-state index in [4.69, 9.17) is 4.74 Å². The van der Waals surface area contributed by atoms with Gasteiger partial charge in [0.05, 0.1) is 19.3 Å². The van der Waals surface area contributed by atoms with Crippen molar-refractivity contribution in [2.24, 2.45) is 0 Å². The first kappa shape index (κ1) is 15.5. The molecule has 1 aliphatic rings. The maximum absolute atomic E-state index is 12.9. The fraction of sp³-hybridized carbons (Fsp3) is 0.562. The van der Waals surface area contributed by atoms with E-state index in [2.05, 4.69) is 42.8 Å². The van der Waals surface area contributed by atoms with Crippen molar-refractivity contribution in [2.45, 2.75) is 32.2 Å². The fourth-order valence-electron chi connectivity index (χ4n) is 2.53. The second-order valence-corrected chi connectivity index (χ2v) is 6.82. The highest BCUT2D eigenvalue weighted by Crippen LogP contribution is 2.27. The van der Waals surface area contributed by atoms with Crippen molar-refractivity contribution >= 4 is 21.8 Å². The van der Waals surface area contributed by atoms with Gasteiger partial charge in [0.15, 0.2) is 0 Å². The molecule has 0 saturated carbocycles. The lowest BCUT2D eigenvalue weighted by Gasteiger charge is -2.35. The lowest BCUT2D eigenvalue weighted by molar-refractivity contribution is 0.00512. The van der Waals surface area contributed by atoms with Crippen molar-refractivity contribution in [3.05, 3.63) is 35.4 Å². The zero-order valence-corrected chi connectivity index (χ0v) is 13.9. The van der Waals surface area contributed by atoms with Gasteiger partial charge >= 0.3 is 0 Å². The number of halogens is 1. The van der Waals surface area contributed by atoms with Crippen LogP contribution in [-0.4, -0.2) is 41.9 Å². The van der Waals surface area contributed by atoms with Gasteiger partial charge in [-0.2, -0.15) is 0 Å². The molecule has 1 saturated heterocycles. The van der Waals surface area contributed by atoms with Gasteiger partial charge in [-0.15, -0.1) is 0 Å². The Hall–Kier alpha value is -0.870. The first-order chi connectivity index (χ1) is 9.45. The molecule has 0 aromatic heterocycles. The molecule has 4 heteroatoms. The van der Waals surface area contributed by atoms with Gasteiger partial charge in [0, 0.05) is 17.4 Å². The molecule has 0 spiro atoms. The van der Waals surface area contributed by atoms with E-state index < -0.39 is 0 Å². The van der Waals surface area contributed by atoms with Crippen LogP contribution in [0, 0.1) is 0 Å². The number of hydrogen-bond acceptors (Lipinski definition) is 2. The van der Waals surface area contributed by atoms with E-state index in [-0.39, 0.29) is 17.4 Å². The molecule has 1 fully saturated rings. The molecule has 110 valence electrons. The number of ether oxygens (including phenoxy) is 1. The van der Waals surface area contributed by atoms with Gasteiger partial charge in [-0.3, -0.25) is 4.79 Å². The minimum Gasteiger partial charge on any atom is -0.377 e. The molecule has 1 aromatic carbocycles. The van der Waals surface area contributed by atoms with Crippen molar-refractivity contribution < 1.29 is 9.53 Å². The summed E-state index contributed by atoms with van der Waals surface area (Å²) in [5, 5.41) is 0.746. The second-order valence-electron chi connectivity index (χ2n) is 6.18. The zero-order valence-electron chi connectivity index (χ0n) is 12.4. The molecule has 2 rings (SSSR count). The third-order valence-electron chi connectivity index (χ3n) is 3.63. The van der Waals surface area contributed by atoms with Crippen molar-refractivity contribution in [1.29, 1.82) is 0 Å². The molecule has 1 amide bonds. The Morgan fingerprint density at radius 3 is 2.75 bits per heavy atom. The summed E-state index contributed by atoms with van der Waals surface area (Å²) in [4.78, 5) is 14.8. The number of morpholine rings is 1. The summed E-state index contributed by atoms with van der Waals surface area (Å²) in [5.41, 5.74) is 1.88. The van der Waals surface area contributed by atoms with Crippen LogP contribution in [0.3, 0.4) is 0 Å². The van der Waals surface area contributed by atoms with Crippen LogP contribution in [-0.2, 0) is 10.2 Å². The molecule has 1 atom stereocenters. The van der Waals surface area contributed by atoms with E-state index in [1.165, 1.54) is 0 Å². The van der Waals surface area contributed by atoms with E-state index in [1.54, 1.807) is 0 Å². The Bertz CT molecular complexity index is 482. The molecule has 0 bridgehead atoms. The Morgan fingerprint density at radius 2 is 2.10 bits per heavy atom. The number of carbonyl (C=O) groups excluding carboxylic acids is 1. The summed E-state index contributed by atoms with van der Waals surface area (Å²) in [6.45, 7) is 8.30. The molecule has 3 nitrogen and oxygen atoms in total. The zero-order chi connectivity index (χ0) is 14.8. The average molecular weight is 340 g/mol. The molecule has 1 aliphatic heterocycles. The SMILES string of the molecule is CC(C)(C)c1ccccc1C(=O)N1CCOCC1CBr. The normalized spacial score (nSPS) is 20.0. The molecule has 0 N–H and O–H groups in total. The van der Waals surface area contributed by atoms with Crippen molar-refractivity contribution in [3.8, 4) is 0 Å². The van der Waals surface area contributed by atoms with Crippen molar-refractivity contribution in [2.75, 3.05) is 25.1 Å². The smallest absolute Gasteiger partial charge is 0.254 e. The minimum absolute atomic E-state index is 0.0392. The van der Waals surface area contributed by atoms with Crippen LogP contribution < -0.4 is 0 Å². The summed E-state index contributed by atoms with van der Waals surface area (Å²) < 4.78 is 5.46. The maximum atomic E-state index is 12.9. The average Bonchev–Trinajstić information content (AvgIpc) is 2.45. The number of rotatable bonds is 2. The van der Waals surface area contributed by atoms with Crippen LogP contribution in [0.25, 0.3) is 0 Å². The Morgan fingerprint density at radius 1 is 1.40 bits per heavy atom. The first-order valence-electron chi connectivity index (χ1n) is 6.99. The van der Waals surface area contributed by atoms with Crippen LogP contribution >= 0.6 is 15.9 Å². The molecule has 0 radical (unpaired) electrons. The predicted octanol–water partition coefficient (Wildman–Crippen LogP) is 3.22. The molecule has 0 aliphatic carbocycles. The summed E-state index contributed by atoms with van der Waals surface area (Å²) in [7, 11) is 0. The van der Waals surface area contributed by atoms with E-state index in [0.29, 0.717) is 19.8 Å². The summed E-state index contributed by atoms with van der Waals surface area (Å²) in [6, 6.07) is 8.04. The number of benzene rings is 1. The topological polar surface area (TPSA) is 29.5 Å². The van der Waals surface area contributed by atoms with E-state index in [0.717, 1.165) is 16.5 Å². The number of hydrogen-bond donors (Lipinski definition) is 0. The molecule has 20 heavy (non-hydrogen) atoms. The third kappa shape index (κ3) is 3.23. The van der Waals surface area contributed by atoms with Crippen LogP contribution in [0.4, 0.5) is 0 Å². The van der Waals surface area contributed by atoms with Crippen LogP contribution in [0.1, 0.15) is 36.7 Å². The number of alkyl halides is 1. The van der Waals surface area contributed by atoms with Crippen molar-refractivity contribution in [3.63, 3.8) is 0 Å². The standard InChI is InChI=1S/C16H22BrNO2/c1-16(2,3)14-7-5-4-6-13(14)15(19)18-8-9-20-11-12(18)10-17/h4-7,12H,8-11H2,1-3H3. The van der Waals surface area contributed by atoms with E-state index >= 15 is 0 Å². The highest BCUT2D eigenvalue weighted by atomic mass is 79.9. The predicted molar refractivity (Wildman–Crippen MR) is 84.6 cm³/mol. The van der Waals surface area contributed by atoms with Crippen LogP contribution in [0.5, 0.6) is 0 Å². The number of carbonyl (C=O) groups is 1. The van der Waals surface area contributed by atoms with Gasteiger partial charge < -0.3 is 9.64 Å². The third-order valence-corrected chi connectivity index (χ3v) is 4.38. The summed E-state index contributed by atoms with van der Waals surface area (Å²) >= 11 is 3.48. The monoisotopic (exact) mass is 339 g/mol. The maximum Gasteiger partial charge on any atom is 0.254 e. The molecule has 1 unspecified atom stereocenters. The summed E-state index contributed by atoms with van der Waals surface area (Å²) in [5.74, 6) is 0.114. The highest BCUT2D eigenvalue weighted by molar-refractivity contribution is 9.09. The van der Waals surface area contributed by atoms with Crippen LogP contribution in [0.2, 0.25) is 0 Å². The number of nitrogens with zero attached hydrogens (tertiary/aromatic N) is 1. The number of amides is 1. The minimum atomic E-state index is -0.0392. The van der Waals surface area contributed by atoms with Gasteiger partial charge in [-0.1, -0.05) is 54.9 Å². The Balaban J connectivity index is 2.33.